The minimum absolute atomic E-state index is 0.235. The summed E-state index contributed by atoms with van der Waals surface area (Å²) in [5.74, 6) is 0. The normalized spacial score (nSPS) is 21.3. The summed E-state index contributed by atoms with van der Waals surface area (Å²) in [6.07, 6.45) is 8.75. The molecule has 0 amide bonds. The summed E-state index contributed by atoms with van der Waals surface area (Å²) in [5, 5.41) is 2.68. The molecule has 0 N–H and O–H groups in total. The highest BCUT2D eigenvalue weighted by atomic mass is 32.2. The zero-order chi connectivity index (χ0) is 18.7. The van der Waals surface area contributed by atoms with Gasteiger partial charge in [-0.05, 0) is 37.8 Å². The third-order valence-electron chi connectivity index (χ3n) is 5.37. The van der Waals surface area contributed by atoms with Crippen molar-refractivity contribution in [3.05, 3.63) is 36.1 Å². The number of aromatic nitrogens is 2. The molecule has 0 unspecified atom stereocenters. The zero-order valence-electron chi connectivity index (χ0n) is 15.1. The van der Waals surface area contributed by atoms with Crippen LogP contribution < -0.4 is 4.74 Å². The summed E-state index contributed by atoms with van der Waals surface area (Å²) in [4.78, 5) is 10.9. The van der Waals surface area contributed by atoms with E-state index in [1.54, 1.807) is 28.8 Å². The number of ether oxygens (including phenoxy) is 1. The minimum Gasteiger partial charge on any atom is -0.467 e. The van der Waals surface area contributed by atoms with E-state index in [-0.39, 0.29) is 11.0 Å². The van der Waals surface area contributed by atoms with E-state index in [1.807, 2.05) is 5.38 Å². The number of nitrogens with zero attached hydrogens (tertiary/aromatic N) is 4. The lowest BCUT2D eigenvalue weighted by molar-refractivity contribution is 0.0584. The highest BCUT2D eigenvalue weighted by molar-refractivity contribution is 7.89. The van der Waals surface area contributed by atoms with Crippen molar-refractivity contribution in [3.8, 4) is 5.19 Å². The highest BCUT2D eigenvalue weighted by Gasteiger charge is 2.33. The molecular weight excluding hydrogens is 384 g/mol. The molecule has 0 bridgehead atoms. The Balaban J connectivity index is 1.27. The molecule has 2 fully saturated rings. The van der Waals surface area contributed by atoms with Gasteiger partial charge in [0.15, 0.2) is 0 Å². The number of rotatable bonds is 5. The van der Waals surface area contributed by atoms with Crippen molar-refractivity contribution in [1.29, 1.82) is 0 Å². The maximum absolute atomic E-state index is 12.7. The first-order chi connectivity index (χ1) is 13.1. The Morgan fingerprint density at radius 2 is 1.85 bits per heavy atom. The second-order valence-electron chi connectivity index (χ2n) is 6.98. The maximum atomic E-state index is 12.7. The Bertz CT molecular complexity index is 814. The third kappa shape index (κ3) is 4.31. The maximum Gasteiger partial charge on any atom is 0.273 e. The number of hydrogen-bond acceptors (Lipinski definition) is 7. The lowest BCUT2D eigenvalue weighted by atomic mass is 10.00. The first-order valence-corrected chi connectivity index (χ1v) is 11.7. The number of piperidine rings is 2. The Hall–Kier alpha value is -1.55. The van der Waals surface area contributed by atoms with Gasteiger partial charge in [-0.25, -0.2) is 13.4 Å². The molecule has 2 aromatic heterocycles. The molecule has 4 rings (SSSR count). The second kappa shape index (κ2) is 8.22. The number of sulfonamides is 1. The third-order valence-corrected chi connectivity index (χ3v) is 7.91. The van der Waals surface area contributed by atoms with Crippen LogP contribution in [0.15, 0.2) is 41.0 Å². The topological polar surface area (TPSA) is 75.6 Å². The monoisotopic (exact) mass is 408 g/mol. The second-order valence-corrected chi connectivity index (χ2v) is 9.77. The largest absolute Gasteiger partial charge is 0.467 e. The molecule has 4 heterocycles. The molecule has 0 atom stereocenters. The van der Waals surface area contributed by atoms with Crippen LogP contribution in [0.1, 0.15) is 25.7 Å². The molecule has 2 aliphatic rings. The molecular formula is C18H24N4O3S2. The molecule has 0 aliphatic carbocycles. The van der Waals surface area contributed by atoms with Gasteiger partial charge in [-0.2, -0.15) is 4.31 Å². The van der Waals surface area contributed by atoms with Gasteiger partial charge in [-0.1, -0.05) is 11.3 Å². The molecule has 0 aromatic carbocycles. The van der Waals surface area contributed by atoms with Gasteiger partial charge in [-0.15, -0.1) is 0 Å². The summed E-state index contributed by atoms with van der Waals surface area (Å²) in [5.41, 5.74) is 0. The first kappa shape index (κ1) is 18.8. The number of thiazole rings is 1. The van der Waals surface area contributed by atoms with E-state index >= 15 is 0 Å². The summed E-state index contributed by atoms with van der Waals surface area (Å²) in [6.45, 7) is 3.13. The molecule has 0 radical (unpaired) electrons. The molecule has 0 spiro atoms. The van der Waals surface area contributed by atoms with E-state index in [9.17, 15) is 8.42 Å². The Morgan fingerprint density at radius 1 is 1.07 bits per heavy atom. The number of hydrogen-bond donors (Lipinski definition) is 0. The molecule has 2 aromatic rings. The molecule has 27 heavy (non-hydrogen) atoms. The van der Waals surface area contributed by atoms with E-state index in [0.29, 0.717) is 19.1 Å². The van der Waals surface area contributed by atoms with Crippen molar-refractivity contribution in [2.45, 2.75) is 42.7 Å². The number of pyridine rings is 1. The van der Waals surface area contributed by atoms with Gasteiger partial charge in [0.05, 0.1) is 0 Å². The fraction of sp³-hybridized carbons (Fsp3) is 0.556. The van der Waals surface area contributed by atoms with Crippen LogP contribution in [0.25, 0.3) is 0 Å². The van der Waals surface area contributed by atoms with Gasteiger partial charge in [0, 0.05) is 56.2 Å². The average Bonchev–Trinajstić information content (AvgIpc) is 3.22. The molecule has 146 valence electrons. The smallest absolute Gasteiger partial charge is 0.273 e. The van der Waals surface area contributed by atoms with Crippen molar-refractivity contribution < 1.29 is 13.2 Å². The quantitative estimate of drug-likeness (QED) is 0.755. The lowest BCUT2D eigenvalue weighted by Crippen LogP contribution is -2.50. The molecule has 0 saturated carbocycles. The van der Waals surface area contributed by atoms with Gasteiger partial charge in [0.2, 0.25) is 10.0 Å². The van der Waals surface area contributed by atoms with Crippen LogP contribution >= 0.6 is 11.3 Å². The fourth-order valence-corrected chi connectivity index (χ4v) is 5.85. The Morgan fingerprint density at radius 3 is 2.48 bits per heavy atom. The van der Waals surface area contributed by atoms with E-state index in [0.717, 1.165) is 44.0 Å². The van der Waals surface area contributed by atoms with Crippen molar-refractivity contribution >= 4 is 21.4 Å². The van der Waals surface area contributed by atoms with Crippen LogP contribution in [-0.4, -0.2) is 65.9 Å². The molecule has 2 saturated heterocycles. The fourth-order valence-electron chi connectivity index (χ4n) is 3.87. The van der Waals surface area contributed by atoms with Crippen LogP contribution in [0.5, 0.6) is 5.19 Å². The van der Waals surface area contributed by atoms with Crippen LogP contribution in [0, 0.1) is 0 Å². The van der Waals surface area contributed by atoms with Crippen molar-refractivity contribution in [3.63, 3.8) is 0 Å². The standard InChI is InChI=1S/C18H24N4O3S2/c23-27(24,17-2-1-7-19-14-17)22-11-3-15(4-12-22)21-9-5-16(6-10-21)25-18-20-8-13-26-18/h1-2,7-8,13-16H,3-6,9-12H2. The molecule has 9 heteroatoms. The zero-order valence-corrected chi connectivity index (χ0v) is 16.7. The predicted molar refractivity (Wildman–Crippen MR) is 103 cm³/mol. The van der Waals surface area contributed by atoms with Crippen LogP contribution in [0.3, 0.4) is 0 Å². The van der Waals surface area contributed by atoms with Gasteiger partial charge < -0.3 is 9.64 Å². The first-order valence-electron chi connectivity index (χ1n) is 9.33. The lowest BCUT2D eigenvalue weighted by Gasteiger charge is -2.41. The Kier molecular flexibility index (Phi) is 5.72. The van der Waals surface area contributed by atoms with Gasteiger partial charge in [0.1, 0.15) is 11.0 Å². The van der Waals surface area contributed by atoms with Crippen LogP contribution in [-0.2, 0) is 10.0 Å². The molecule has 2 aliphatic heterocycles. The summed E-state index contributed by atoms with van der Waals surface area (Å²) < 4.78 is 33.0. The van der Waals surface area contributed by atoms with Crippen molar-refractivity contribution in [1.82, 2.24) is 19.2 Å². The average molecular weight is 409 g/mol. The predicted octanol–water partition coefficient (Wildman–Crippen LogP) is 2.23. The number of likely N-dealkylation sites (tertiary alicyclic amines) is 1. The summed E-state index contributed by atoms with van der Waals surface area (Å²) in [7, 11) is -3.43. The summed E-state index contributed by atoms with van der Waals surface area (Å²) >= 11 is 1.53. The summed E-state index contributed by atoms with van der Waals surface area (Å²) in [6, 6.07) is 3.73. The molecule has 7 nitrogen and oxygen atoms in total. The van der Waals surface area contributed by atoms with E-state index in [4.69, 9.17) is 4.74 Å². The van der Waals surface area contributed by atoms with E-state index in [2.05, 4.69) is 14.9 Å². The van der Waals surface area contributed by atoms with Gasteiger partial charge in [0.25, 0.3) is 5.19 Å². The van der Waals surface area contributed by atoms with E-state index in [1.165, 1.54) is 17.5 Å². The van der Waals surface area contributed by atoms with E-state index < -0.39 is 10.0 Å². The van der Waals surface area contributed by atoms with Crippen molar-refractivity contribution in [2.24, 2.45) is 0 Å². The van der Waals surface area contributed by atoms with Crippen molar-refractivity contribution in [2.75, 3.05) is 26.2 Å². The minimum atomic E-state index is -3.43. The van der Waals surface area contributed by atoms with Crippen LogP contribution in [0.4, 0.5) is 0 Å². The van der Waals surface area contributed by atoms with Crippen LogP contribution in [0.2, 0.25) is 0 Å². The highest BCUT2D eigenvalue weighted by Crippen LogP contribution is 2.26. The van der Waals surface area contributed by atoms with Gasteiger partial charge >= 0.3 is 0 Å². The van der Waals surface area contributed by atoms with Gasteiger partial charge in [-0.3, -0.25) is 4.98 Å². The Labute approximate surface area is 164 Å². The SMILES string of the molecule is O=S(=O)(c1cccnc1)N1CCC(N2CCC(Oc3nccs3)CC2)CC1.